The van der Waals surface area contributed by atoms with Crippen molar-refractivity contribution >= 4 is 28.5 Å². The number of Topliss-reactive ketones (excluding diaryl/α,β-unsaturated/α-hetero) is 1. The molecule has 7 rings (SSSR count). The molecule has 1 unspecified atom stereocenters. The lowest BCUT2D eigenvalue weighted by Crippen LogP contribution is -2.33. The van der Waals surface area contributed by atoms with E-state index in [1.54, 1.807) is 29.5 Å². The van der Waals surface area contributed by atoms with Crippen LogP contribution in [0.1, 0.15) is 64.2 Å². The van der Waals surface area contributed by atoms with E-state index >= 15 is 0 Å². The molecule has 1 N–H and O–H groups in total. The second kappa shape index (κ2) is 9.34. The Morgan fingerprint density at radius 3 is 2.84 bits per heavy atom. The Balaban J connectivity index is 1.08. The third kappa shape index (κ3) is 4.40. The van der Waals surface area contributed by atoms with Gasteiger partial charge in [0.2, 0.25) is 0 Å². The zero-order chi connectivity index (χ0) is 25.8. The molecule has 1 aliphatic heterocycles. The van der Waals surface area contributed by atoms with Crippen LogP contribution in [0.3, 0.4) is 0 Å². The lowest BCUT2D eigenvalue weighted by molar-refractivity contribution is -0.0921. The minimum absolute atomic E-state index is 0.0108. The predicted octanol–water partition coefficient (Wildman–Crippen LogP) is 4.25. The van der Waals surface area contributed by atoms with E-state index in [-0.39, 0.29) is 11.7 Å². The van der Waals surface area contributed by atoms with Gasteiger partial charge in [-0.05, 0) is 48.9 Å². The normalized spacial score (nSPS) is 16.8. The number of aliphatic hydroxyl groups is 1. The van der Waals surface area contributed by atoms with Gasteiger partial charge in [-0.15, -0.1) is 0 Å². The summed E-state index contributed by atoms with van der Waals surface area (Å²) >= 11 is 6.13. The molecular formula is C28H27ClN6O3. The molecule has 1 saturated carbocycles. The Morgan fingerprint density at radius 1 is 1.18 bits per heavy atom. The Kier molecular flexibility index (Phi) is 5.79. The SMILES string of the molecule is O=C(CCc1ncn2ccc(Cl)cc12)c1cnn(Cc2cn3cc(C4CC4)cc(C(O)C4COC4)c3n2)c1. The van der Waals surface area contributed by atoms with E-state index < -0.39 is 6.10 Å². The van der Waals surface area contributed by atoms with Crippen LogP contribution in [-0.4, -0.2) is 52.7 Å². The number of carbonyl (C=O) groups is 1. The van der Waals surface area contributed by atoms with Crippen LogP contribution >= 0.6 is 11.6 Å². The molecule has 5 aromatic rings. The first-order valence-corrected chi connectivity index (χ1v) is 13.3. The molecule has 9 nitrogen and oxygen atoms in total. The quantitative estimate of drug-likeness (QED) is 0.286. The van der Waals surface area contributed by atoms with Crippen molar-refractivity contribution in [1.82, 2.24) is 28.5 Å². The second-order valence-electron chi connectivity index (χ2n) is 10.4. The Labute approximate surface area is 223 Å². The largest absolute Gasteiger partial charge is 0.388 e. The number of pyridine rings is 2. The molecule has 2 aliphatic rings. The smallest absolute Gasteiger partial charge is 0.166 e. The van der Waals surface area contributed by atoms with Crippen molar-refractivity contribution < 1.29 is 14.6 Å². The number of aliphatic hydroxyl groups excluding tert-OH is 1. The molecule has 6 heterocycles. The zero-order valence-electron chi connectivity index (χ0n) is 20.7. The fourth-order valence-electron chi connectivity index (χ4n) is 5.17. The van der Waals surface area contributed by atoms with Gasteiger partial charge >= 0.3 is 0 Å². The number of rotatable bonds is 9. The third-order valence-corrected chi connectivity index (χ3v) is 7.81. The zero-order valence-corrected chi connectivity index (χ0v) is 21.5. The molecular weight excluding hydrogens is 504 g/mol. The minimum Gasteiger partial charge on any atom is -0.388 e. The molecule has 1 aliphatic carbocycles. The van der Waals surface area contributed by atoms with E-state index in [1.165, 1.54) is 18.4 Å². The van der Waals surface area contributed by atoms with Crippen molar-refractivity contribution in [2.45, 2.75) is 44.2 Å². The molecule has 10 heteroatoms. The molecule has 5 aromatic heterocycles. The highest BCUT2D eigenvalue weighted by Gasteiger charge is 2.32. The van der Waals surface area contributed by atoms with Crippen molar-refractivity contribution in [2.75, 3.05) is 13.2 Å². The fourth-order valence-corrected chi connectivity index (χ4v) is 5.33. The number of aryl methyl sites for hydroxylation is 1. The molecule has 194 valence electrons. The number of hydrogen-bond acceptors (Lipinski definition) is 6. The van der Waals surface area contributed by atoms with Crippen LogP contribution in [0.5, 0.6) is 0 Å². The van der Waals surface area contributed by atoms with Gasteiger partial charge in [-0.25, -0.2) is 9.97 Å². The molecule has 0 bridgehead atoms. The number of fused-ring (bicyclic) bond motifs is 2. The number of ether oxygens (including phenoxy) is 1. The van der Waals surface area contributed by atoms with Crippen molar-refractivity contribution in [3.8, 4) is 0 Å². The van der Waals surface area contributed by atoms with E-state index in [0.717, 1.165) is 28.1 Å². The summed E-state index contributed by atoms with van der Waals surface area (Å²) in [5.41, 5.74) is 6.00. The summed E-state index contributed by atoms with van der Waals surface area (Å²) in [5.74, 6) is 0.674. The Bertz CT molecular complexity index is 1660. The topological polar surface area (TPSA) is 99.0 Å². The number of ketones is 1. The van der Waals surface area contributed by atoms with Gasteiger partial charge in [-0.3, -0.25) is 9.48 Å². The van der Waals surface area contributed by atoms with Crippen molar-refractivity contribution in [3.63, 3.8) is 0 Å². The van der Waals surface area contributed by atoms with E-state index in [2.05, 4.69) is 22.3 Å². The molecule has 1 atom stereocenters. The van der Waals surface area contributed by atoms with E-state index in [1.807, 2.05) is 27.3 Å². The van der Waals surface area contributed by atoms with Crippen molar-refractivity contribution in [2.24, 2.45) is 5.92 Å². The highest BCUT2D eigenvalue weighted by molar-refractivity contribution is 6.30. The first-order valence-electron chi connectivity index (χ1n) is 13.0. The van der Waals surface area contributed by atoms with Crippen LogP contribution in [0.2, 0.25) is 5.02 Å². The number of halogens is 1. The summed E-state index contributed by atoms with van der Waals surface area (Å²) in [6.45, 7) is 1.58. The number of nitrogens with zero attached hydrogens (tertiary/aromatic N) is 6. The molecule has 0 radical (unpaired) electrons. The highest BCUT2D eigenvalue weighted by Crippen LogP contribution is 2.42. The van der Waals surface area contributed by atoms with E-state index in [9.17, 15) is 9.90 Å². The van der Waals surface area contributed by atoms with Gasteiger partial charge in [0, 0.05) is 47.7 Å². The molecule has 0 amide bonds. The molecule has 0 spiro atoms. The van der Waals surface area contributed by atoms with Crippen LogP contribution < -0.4 is 0 Å². The summed E-state index contributed by atoms with van der Waals surface area (Å²) in [6, 6.07) is 5.79. The number of carbonyl (C=O) groups excluding carboxylic acids is 1. The molecule has 38 heavy (non-hydrogen) atoms. The number of imidazole rings is 2. The van der Waals surface area contributed by atoms with Gasteiger partial charge in [0.15, 0.2) is 5.78 Å². The maximum Gasteiger partial charge on any atom is 0.166 e. The van der Waals surface area contributed by atoms with Crippen LogP contribution in [0.25, 0.3) is 11.2 Å². The minimum atomic E-state index is -0.599. The fraction of sp³-hybridized carbons (Fsp3) is 0.357. The van der Waals surface area contributed by atoms with Gasteiger partial charge in [0.25, 0.3) is 0 Å². The predicted molar refractivity (Wildman–Crippen MR) is 141 cm³/mol. The monoisotopic (exact) mass is 530 g/mol. The third-order valence-electron chi connectivity index (χ3n) is 7.58. The van der Waals surface area contributed by atoms with Crippen LogP contribution in [0.15, 0.2) is 55.5 Å². The molecule has 1 saturated heterocycles. The van der Waals surface area contributed by atoms with E-state index in [0.29, 0.717) is 49.1 Å². The second-order valence-corrected chi connectivity index (χ2v) is 10.8. The van der Waals surface area contributed by atoms with E-state index in [4.69, 9.17) is 21.3 Å². The maximum atomic E-state index is 12.9. The molecule has 0 aromatic carbocycles. The first kappa shape index (κ1) is 23.6. The summed E-state index contributed by atoms with van der Waals surface area (Å²) in [5, 5.41) is 16.1. The number of hydrogen-bond donors (Lipinski definition) is 1. The van der Waals surface area contributed by atoms with Gasteiger partial charge in [-0.1, -0.05) is 11.6 Å². The first-order chi connectivity index (χ1) is 18.5. The van der Waals surface area contributed by atoms with Crippen molar-refractivity contribution in [1.29, 1.82) is 0 Å². The average Bonchev–Trinajstić information content (AvgIpc) is 3.29. The summed E-state index contributed by atoms with van der Waals surface area (Å²) < 4.78 is 11.0. The highest BCUT2D eigenvalue weighted by atomic mass is 35.5. The van der Waals surface area contributed by atoms with Crippen LogP contribution in [-0.2, 0) is 17.7 Å². The van der Waals surface area contributed by atoms with Crippen LogP contribution in [0, 0.1) is 5.92 Å². The molecule has 2 fully saturated rings. The standard InChI is InChI=1S/C28H27ClN6O3/c29-21-5-6-33-16-30-24(25(33)8-21)3-4-26(36)19-9-31-35(11-19)13-22-12-34-10-18(17-1-2-17)7-23(28(34)32-22)27(37)20-14-38-15-20/h5-12,16-17,20,27,37H,1-4,13-15H2. The van der Waals surface area contributed by atoms with Gasteiger partial charge in [0.1, 0.15) is 5.65 Å². The van der Waals surface area contributed by atoms with Crippen LogP contribution in [0.4, 0.5) is 0 Å². The number of aromatic nitrogens is 6. The Morgan fingerprint density at radius 2 is 2.05 bits per heavy atom. The summed E-state index contributed by atoms with van der Waals surface area (Å²) in [6.07, 6.45) is 13.7. The Hall–Kier alpha value is -3.53. The maximum absolute atomic E-state index is 12.9. The lowest BCUT2D eigenvalue weighted by Gasteiger charge is -2.31. The van der Waals surface area contributed by atoms with Gasteiger partial charge < -0.3 is 18.6 Å². The van der Waals surface area contributed by atoms with Gasteiger partial charge in [-0.2, -0.15) is 5.10 Å². The summed E-state index contributed by atoms with van der Waals surface area (Å²) in [7, 11) is 0. The van der Waals surface area contributed by atoms with Gasteiger partial charge in [0.05, 0.1) is 60.9 Å². The lowest BCUT2D eigenvalue weighted by atomic mass is 9.93. The summed E-state index contributed by atoms with van der Waals surface area (Å²) in [4.78, 5) is 22.2. The average molecular weight is 531 g/mol. The van der Waals surface area contributed by atoms with Crippen molar-refractivity contribution in [3.05, 3.63) is 88.6 Å².